The summed E-state index contributed by atoms with van der Waals surface area (Å²) in [6.07, 6.45) is -5.11. The van der Waals surface area contributed by atoms with Crippen LogP contribution in [0.4, 0.5) is 4.79 Å². The second-order valence-electron chi connectivity index (χ2n) is 10.6. The second-order valence-corrected chi connectivity index (χ2v) is 17.6. The molecule has 6 atom stereocenters. The van der Waals surface area contributed by atoms with E-state index in [2.05, 4.69) is 46.1 Å². The van der Waals surface area contributed by atoms with Crippen molar-refractivity contribution in [3.63, 3.8) is 0 Å². The Morgan fingerprint density at radius 1 is 1.19 bits per heavy atom. The predicted molar refractivity (Wildman–Crippen MR) is 141 cm³/mol. The molecule has 0 bridgehead atoms. The summed E-state index contributed by atoms with van der Waals surface area (Å²) in [7, 11) is -2.45. The Balaban J connectivity index is 1.83. The van der Waals surface area contributed by atoms with Gasteiger partial charge < -0.3 is 33.8 Å². The number of aliphatic hydroxyl groups is 1. The molecule has 0 radical (unpaired) electrons. The molecule has 3 rings (SSSR count). The molecule has 1 aromatic rings. The molecular weight excluding hydrogens is 549 g/mol. The summed E-state index contributed by atoms with van der Waals surface area (Å²) < 4.78 is 28.1. The van der Waals surface area contributed by atoms with Crippen molar-refractivity contribution in [1.29, 1.82) is 0 Å². The standard InChI is InChI=1S/C24H36Cl3NO7Si/c1-14(2)23(3,4)36(5,6)35-21-17(28-22(30)32-13-24(25,26)27)18(29)19-16(33-21)12-31-20(34-19)15-10-8-7-9-11-15/h7-11,14,16-21,29H,12-13H2,1-6H3,(H,28,30)/t16?,17?,18-,19-,20?,21+/m1/s1. The Hall–Kier alpha value is -0.623. The van der Waals surface area contributed by atoms with Crippen LogP contribution < -0.4 is 5.32 Å². The number of aliphatic hydroxyl groups excluding tert-OH is 1. The Labute approximate surface area is 228 Å². The van der Waals surface area contributed by atoms with Crippen molar-refractivity contribution in [2.45, 2.75) is 86.6 Å². The summed E-state index contributed by atoms with van der Waals surface area (Å²) in [5, 5.41) is 13.9. The molecule has 12 heteroatoms. The normalized spacial score (nSPS) is 29.5. The Morgan fingerprint density at radius 3 is 2.42 bits per heavy atom. The van der Waals surface area contributed by atoms with Crippen LogP contribution in [0.1, 0.15) is 39.5 Å². The number of benzene rings is 1. The number of ether oxygens (including phenoxy) is 4. The first-order valence-electron chi connectivity index (χ1n) is 12.0. The van der Waals surface area contributed by atoms with Gasteiger partial charge in [-0.1, -0.05) is 92.8 Å². The Morgan fingerprint density at radius 2 is 1.83 bits per heavy atom. The van der Waals surface area contributed by atoms with Gasteiger partial charge in [0, 0.05) is 5.56 Å². The zero-order chi connectivity index (χ0) is 26.9. The number of carbonyl (C=O) groups is 1. The molecule has 2 N–H and O–H groups in total. The van der Waals surface area contributed by atoms with E-state index in [1.807, 2.05) is 30.3 Å². The van der Waals surface area contributed by atoms with Gasteiger partial charge in [0.05, 0.1) is 6.61 Å². The highest BCUT2D eigenvalue weighted by atomic mass is 35.6. The van der Waals surface area contributed by atoms with Gasteiger partial charge in [-0.2, -0.15) is 0 Å². The molecule has 2 saturated heterocycles. The van der Waals surface area contributed by atoms with Crippen molar-refractivity contribution in [3.8, 4) is 0 Å². The van der Waals surface area contributed by atoms with Crippen LogP contribution in [0.15, 0.2) is 30.3 Å². The molecule has 2 fully saturated rings. The van der Waals surface area contributed by atoms with E-state index < -0.39 is 61.7 Å². The lowest BCUT2D eigenvalue weighted by Crippen LogP contribution is -2.68. The van der Waals surface area contributed by atoms with Crippen molar-refractivity contribution < 1.29 is 33.3 Å². The molecule has 2 heterocycles. The molecule has 36 heavy (non-hydrogen) atoms. The number of hydrogen-bond acceptors (Lipinski definition) is 7. The van der Waals surface area contributed by atoms with Crippen LogP contribution in [0.5, 0.6) is 0 Å². The first kappa shape index (κ1) is 29.9. The number of rotatable bonds is 7. The molecule has 1 aromatic carbocycles. The van der Waals surface area contributed by atoms with Gasteiger partial charge in [-0.15, -0.1) is 0 Å². The minimum Gasteiger partial charge on any atom is -0.445 e. The van der Waals surface area contributed by atoms with Crippen LogP contribution >= 0.6 is 34.8 Å². The average molecular weight is 585 g/mol. The molecular formula is C24H36Cl3NO7Si. The minimum absolute atomic E-state index is 0.142. The molecule has 2 aliphatic rings. The van der Waals surface area contributed by atoms with Crippen molar-refractivity contribution in [1.82, 2.24) is 5.32 Å². The largest absolute Gasteiger partial charge is 0.445 e. The molecule has 0 aromatic heterocycles. The van der Waals surface area contributed by atoms with Crippen LogP contribution in [0.3, 0.4) is 0 Å². The van der Waals surface area contributed by atoms with E-state index in [1.54, 1.807) is 0 Å². The van der Waals surface area contributed by atoms with Gasteiger partial charge in [0.15, 0.2) is 20.9 Å². The van der Waals surface area contributed by atoms with E-state index in [1.165, 1.54) is 0 Å². The van der Waals surface area contributed by atoms with Crippen molar-refractivity contribution >= 4 is 49.2 Å². The molecule has 3 unspecified atom stereocenters. The van der Waals surface area contributed by atoms with E-state index in [0.717, 1.165) is 5.56 Å². The molecule has 0 saturated carbocycles. The van der Waals surface area contributed by atoms with Gasteiger partial charge in [0.2, 0.25) is 3.79 Å². The van der Waals surface area contributed by atoms with Gasteiger partial charge in [0.1, 0.15) is 31.0 Å². The number of alkyl carbamates (subject to hydrolysis) is 1. The van der Waals surface area contributed by atoms with E-state index >= 15 is 0 Å². The number of hydrogen-bond donors (Lipinski definition) is 2. The van der Waals surface area contributed by atoms with Crippen molar-refractivity contribution in [2.75, 3.05) is 13.2 Å². The highest BCUT2D eigenvalue weighted by Gasteiger charge is 2.54. The van der Waals surface area contributed by atoms with Gasteiger partial charge in [-0.3, -0.25) is 0 Å². The number of nitrogens with one attached hydrogen (secondary N) is 1. The van der Waals surface area contributed by atoms with Gasteiger partial charge in [-0.25, -0.2) is 4.79 Å². The molecule has 0 aliphatic carbocycles. The predicted octanol–water partition coefficient (Wildman–Crippen LogP) is 5.31. The minimum atomic E-state index is -2.45. The van der Waals surface area contributed by atoms with Crippen LogP contribution in [0.2, 0.25) is 18.1 Å². The average Bonchev–Trinajstić information content (AvgIpc) is 2.79. The SMILES string of the molecule is CC(C)C(C)(C)[Si](C)(C)O[C@@H]1OC2COC(c3ccccc3)O[C@H]2[C@H](O)C1NC(=O)OCC(Cl)(Cl)Cl. The first-order chi connectivity index (χ1) is 16.6. The summed E-state index contributed by atoms with van der Waals surface area (Å²) in [6, 6.07) is 8.39. The molecule has 8 nitrogen and oxygen atoms in total. The zero-order valence-corrected chi connectivity index (χ0v) is 24.6. The molecule has 0 spiro atoms. The Bertz CT molecular complexity index is 884. The lowest BCUT2D eigenvalue weighted by Gasteiger charge is -2.51. The van der Waals surface area contributed by atoms with E-state index in [0.29, 0.717) is 5.92 Å². The summed E-state index contributed by atoms with van der Waals surface area (Å²) in [5.41, 5.74) is 0.806. The smallest absolute Gasteiger partial charge is 0.407 e. The van der Waals surface area contributed by atoms with E-state index in [9.17, 15) is 9.90 Å². The topological polar surface area (TPSA) is 95.5 Å². The highest BCUT2D eigenvalue weighted by molar-refractivity contribution is 6.74. The first-order valence-corrected chi connectivity index (χ1v) is 16.0. The monoisotopic (exact) mass is 583 g/mol. The highest BCUT2D eigenvalue weighted by Crippen LogP contribution is 2.46. The van der Waals surface area contributed by atoms with Crippen LogP contribution in [0.25, 0.3) is 0 Å². The lowest BCUT2D eigenvalue weighted by molar-refractivity contribution is -0.335. The number of alkyl halides is 3. The third-order valence-corrected chi connectivity index (χ3v) is 12.3. The molecule has 1 amide bonds. The van der Waals surface area contributed by atoms with Crippen molar-refractivity contribution in [2.24, 2.45) is 5.92 Å². The fraction of sp³-hybridized carbons (Fsp3) is 0.708. The van der Waals surface area contributed by atoms with Crippen LogP contribution in [0, 0.1) is 5.92 Å². The maximum absolute atomic E-state index is 12.6. The lowest BCUT2D eigenvalue weighted by atomic mass is 9.96. The maximum Gasteiger partial charge on any atom is 0.407 e. The number of carbonyl (C=O) groups excluding carboxylic acids is 1. The van der Waals surface area contributed by atoms with E-state index in [4.69, 9.17) is 58.2 Å². The third-order valence-electron chi connectivity index (χ3n) is 7.49. The van der Waals surface area contributed by atoms with Gasteiger partial charge in [0.25, 0.3) is 0 Å². The fourth-order valence-electron chi connectivity index (χ4n) is 4.09. The third kappa shape index (κ3) is 7.06. The summed E-state index contributed by atoms with van der Waals surface area (Å²) in [6.45, 7) is 12.5. The molecule has 204 valence electrons. The number of amides is 1. The zero-order valence-electron chi connectivity index (χ0n) is 21.4. The fourth-order valence-corrected chi connectivity index (χ4v) is 6.73. The second kappa shape index (κ2) is 11.6. The van der Waals surface area contributed by atoms with Gasteiger partial charge >= 0.3 is 6.09 Å². The Kier molecular flexibility index (Phi) is 9.67. The van der Waals surface area contributed by atoms with Crippen LogP contribution in [-0.2, 0) is 23.4 Å². The summed E-state index contributed by atoms with van der Waals surface area (Å²) in [5.74, 6) is 0.328. The molecule has 2 aliphatic heterocycles. The number of fused-ring (bicyclic) bond motifs is 1. The quantitative estimate of drug-likeness (QED) is 0.331. The van der Waals surface area contributed by atoms with E-state index in [-0.39, 0.29) is 11.6 Å². The van der Waals surface area contributed by atoms with Crippen LogP contribution in [-0.4, -0.2) is 67.2 Å². The number of halogens is 3. The summed E-state index contributed by atoms with van der Waals surface area (Å²) in [4.78, 5) is 12.6. The van der Waals surface area contributed by atoms with Crippen molar-refractivity contribution in [3.05, 3.63) is 35.9 Å². The summed E-state index contributed by atoms with van der Waals surface area (Å²) >= 11 is 17.1. The maximum atomic E-state index is 12.6. The van der Waals surface area contributed by atoms with Gasteiger partial charge in [-0.05, 0) is 24.1 Å².